The molecule has 0 N–H and O–H groups in total. The summed E-state index contributed by atoms with van der Waals surface area (Å²) < 4.78 is 18.0. The molecular formula is C26H58INO3Si. The van der Waals surface area contributed by atoms with Crippen LogP contribution in [-0.2, 0) is 13.3 Å². The van der Waals surface area contributed by atoms with E-state index in [0.29, 0.717) is 0 Å². The minimum absolute atomic E-state index is 0. The molecule has 6 heteroatoms. The highest BCUT2D eigenvalue weighted by Crippen LogP contribution is 2.19. The van der Waals surface area contributed by atoms with E-state index in [-0.39, 0.29) is 24.0 Å². The van der Waals surface area contributed by atoms with E-state index < -0.39 is 8.80 Å². The largest absolute Gasteiger partial charge is 1.00 e. The van der Waals surface area contributed by atoms with Crippen LogP contribution >= 0.6 is 0 Å². The molecule has 0 aliphatic heterocycles. The second kappa shape index (κ2) is 23.5. The van der Waals surface area contributed by atoms with Gasteiger partial charge in [0.2, 0.25) is 0 Å². The number of quaternary nitrogens is 1. The quantitative estimate of drug-likeness (QED) is 0.0716. The van der Waals surface area contributed by atoms with Crippen molar-refractivity contribution in [3.63, 3.8) is 0 Å². The van der Waals surface area contributed by atoms with Gasteiger partial charge < -0.3 is 41.7 Å². The average molecular weight is 588 g/mol. The maximum Gasteiger partial charge on any atom is 0.500 e. The van der Waals surface area contributed by atoms with Gasteiger partial charge in [-0.05, 0) is 26.7 Å². The first kappa shape index (κ1) is 35.0. The molecule has 0 aliphatic rings. The van der Waals surface area contributed by atoms with E-state index in [1.807, 2.05) is 0 Å². The lowest BCUT2D eigenvalue weighted by molar-refractivity contribution is -0.925. The van der Waals surface area contributed by atoms with E-state index in [9.17, 15) is 0 Å². The Hall–Kier alpha value is 0.787. The van der Waals surface area contributed by atoms with Gasteiger partial charge in [-0.2, -0.15) is 0 Å². The highest BCUT2D eigenvalue weighted by Gasteiger charge is 2.38. The van der Waals surface area contributed by atoms with Gasteiger partial charge in [0.15, 0.2) is 0 Å². The molecule has 4 nitrogen and oxygen atoms in total. The van der Waals surface area contributed by atoms with Crippen molar-refractivity contribution in [3.05, 3.63) is 0 Å². The van der Waals surface area contributed by atoms with Crippen LogP contribution < -0.4 is 24.0 Å². The Morgan fingerprint density at radius 3 is 1.19 bits per heavy atom. The van der Waals surface area contributed by atoms with Gasteiger partial charge in [0.05, 0.1) is 26.2 Å². The Morgan fingerprint density at radius 2 is 0.844 bits per heavy atom. The topological polar surface area (TPSA) is 27.7 Å². The van der Waals surface area contributed by atoms with Gasteiger partial charge in [-0.25, -0.2) is 0 Å². The second-order valence-corrected chi connectivity index (χ2v) is 12.5. The standard InChI is InChI=1S/C26H58NO3Si.HI/c1-7-10-11-12-13-14-15-16-17-18-19-20-21-22-24-27(8-2,9-3)25-23-26-31(28-4,29-5)30-6;/h7-26H2,1-6H3;1H/q+1;/p-1. The zero-order chi connectivity index (χ0) is 23.3. The van der Waals surface area contributed by atoms with E-state index in [1.54, 1.807) is 21.3 Å². The first-order valence-electron chi connectivity index (χ1n) is 13.6. The number of hydrogen-bond acceptors (Lipinski definition) is 3. The lowest BCUT2D eigenvalue weighted by Gasteiger charge is -2.38. The fourth-order valence-electron chi connectivity index (χ4n) is 4.80. The predicted octanol–water partition coefficient (Wildman–Crippen LogP) is 4.60. The lowest BCUT2D eigenvalue weighted by atomic mass is 10.0. The number of halogens is 1. The van der Waals surface area contributed by atoms with Gasteiger partial charge in [-0.15, -0.1) is 0 Å². The zero-order valence-corrected chi connectivity index (χ0v) is 25.8. The normalized spacial score (nSPS) is 12.2. The lowest BCUT2D eigenvalue weighted by Crippen LogP contribution is -3.00. The van der Waals surface area contributed by atoms with Gasteiger partial charge in [-0.3, -0.25) is 0 Å². The van der Waals surface area contributed by atoms with Crippen molar-refractivity contribution < 1.29 is 41.7 Å². The molecule has 0 radical (unpaired) electrons. The van der Waals surface area contributed by atoms with E-state index in [1.165, 1.54) is 121 Å². The Kier molecular flexibility index (Phi) is 25.7. The van der Waals surface area contributed by atoms with Gasteiger partial charge in [0, 0.05) is 33.8 Å². The summed E-state index contributed by atoms with van der Waals surface area (Å²) in [4.78, 5) is 0. The molecule has 0 aromatic carbocycles. The molecule has 0 rings (SSSR count). The van der Waals surface area contributed by atoms with Gasteiger partial charge in [-0.1, -0.05) is 84.0 Å². The molecule has 0 unspecified atom stereocenters. The molecule has 0 aromatic heterocycles. The molecule has 0 heterocycles. The Morgan fingerprint density at radius 1 is 0.500 bits per heavy atom. The van der Waals surface area contributed by atoms with Gasteiger partial charge in [0.1, 0.15) is 0 Å². The van der Waals surface area contributed by atoms with Crippen molar-refractivity contribution in [3.8, 4) is 0 Å². The minimum atomic E-state index is -2.43. The van der Waals surface area contributed by atoms with Crippen LogP contribution in [-0.4, -0.2) is 60.8 Å². The molecule has 0 aliphatic carbocycles. The monoisotopic (exact) mass is 587 g/mol. The van der Waals surface area contributed by atoms with E-state index in [2.05, 4.69) is 20.8 Å². The summed E-state index contributed by atoms with van der Waals surface area (Å²) in [6.45, 7) is 11.9. The predicted molar refractivity (Wildman–Crippen MR) is 138 cm³/mol. The third-order valence-corrected chi connectivity index (χ3v) is 10.2. The number of hydrogen-bond donors (Lipinski definition) is 0. The van der Waals surface area contributed by atoms with Crippen LogP contribution in [0.5, 0.6) is 0 Å². The molecule has 196 valence electrons. The number of rotatable bonds is 24. The van der Waals surface area contributed by atoms with Crippen LogP contribution in [0.15, 0.2) is 0 Å². The first-order chi connectivity index (χ1) is 15.1. The van der Waals surface area contributed by atoms with E-state index in [0.717, 1.165) is 12.5 Å². The summed E-state index contributed by atoms with van der Waals surface area (Å²) in [5.74, 6) is 0. The smallest absolute Gasteiger partial charge is 0.500 e. The van der Waals surface area contributed by atoms with Crippen LogP contribution in [0, 0.1) is 0 Å². The summed E-state index contributed by atoms with van der Waals surface area (Å²) in [5, 5.41) is 0. The first-order valence-corrected chi connectivity index (χ1v) is 15.5. The Bertz CT molecular complexity index is 372. The highest BCUT2D eigenvalue weighted by atomic mass is 127. The SMILES string of the molecule is CCCCCCCCCCCCCCCC[N+](CC)(CC)CCC[Si](OC)(OC)OC.[I-]. The third-order valence-electron chi connectivity index (χ3n) is 7.38. The van der Waals surface area contributed by atoms with E-state index in [4.69, 9.17) is 13.3 Å². The molecule has 0 saturated heterocycles. The minimum Gasteiger partial charge on any atom is -1.00 e. The summed E-state index contributed by atoms with van der Waals surface area (Å²) in [5.41, 5.74) is 0. The molecule has 0 spiro atoms. The van der Waals surface area contributed by atoms with Crippen molar-refractivity contribution in [2.45, 2.75) is 123 Å². The summed E-state index contributed by atoms with van der Waals surface area (Å²) in [7, 11) is 2.73. The molecule has 0 atom stereocenters. The van der Waals surface area contributed by atoms with Gasteiger partial charge >= 0.3 is 8.80 Å². The van der Waals surface area contributed by atoms with Gasteiger partial charge in [0.25, 0.3) is 0 Å². The summed E-state index contributed by atoms with van der Waals surface area (Å²) >= 11 is 0. The average Bonchev–Trinajstić information content (AvgIpc) is 2.81. The molecule has 32 heavy (non-hydrogen) atoms. The third kappa shape index (κ3) is 16.4. The second-order valence-electron chi connectivity index (χ2n) is 9.42. The zero-order valence-electron chi connectivity index (χ0n) is 22.7. The number of nitrogens with zero attached hydrogens (tertiary/aromatic N) is 1. The van der Waals surface area contributed by atoms with Crippen molar-refractivity contribution in [2.24, 2.45) is 0 Å². The maximum atomic E-state index is 5.59. The molecule has 0 saturated carbocycles. The van der Waals surface area contributed by atoms with Crippen LogP contribution in [0.3, 0.4) is 0 Å². The Labute approximate surface area is 220 Å². The van der Waals surface area contributed by atoms with Crippen LogP contribution in [0.4, 0.5) is 0 Å². The molecule has 0 fully saturated rings. The van der Waals surface area contributed by atoms with Crippen molar-refractivity contribution in [1.82, 2.24) is 0 Å². The Balaban J connectivity index is 0. The van der Waals surface area contributed by atoms with Crippen molar-refractivity contribution in [2.75, 3.05) is 47.5 Å². The molecular weight excluding hydrogens is 529 g/mol. The molecule has 0 amide bonds. The fourth-order valence-corrected chi connectivity index (χ4v) is 6.50. The summed E-state index contributed by atoms with van der Waals surface area (Å²) in [6, 6.07) is 0.912. The van der Waals surface area contributed by atoms with Crippen LogP contribution in [0.2, 0.25) is 6.04 Å². The summed E-state index contributed by atoms with van der Waals surface area (Å²) in [6.07, 6.45) is 21.1. The van der Waals surface area contributed by atoms with Crippen LogP contribution in [0.25, 0.3) is 0 Å². The molecule has 0 bridgehead atoms. The van der Waals surface area contributed by atoms with E-state index >= 15 is 0 Å². The fraction of sp³-hybridized carbons (Fsp3) is 1.00. The highest BCUT2D eigenvalue weighted by molar-refractivity contribution is 6.60. The maximum absolute atomic E-state index is 5.59. The van der Waals surface area contributed by atoms with Crippen molar-refractivity contribution >= 4 is 8.80 Å². The van der Waals surface area contributed by atoms with Crippen molar-refractivity contribution in [1.29, 1.82) is 0 Å². The number of unbranched alkanes of at least 4 members (excludes halogenated alkanes) is 13. The molecule has 0 aromatic rings. The van der Waals surface area contributed by atoms with Crippen LogP contribution in [0.1, 0.15) is 117 Å².